The van der Waals surface area contributed by atoms with Crippen LogP contribution in [0.15, 0.2) is 0 Å². The number of amides is 1. The van der Waals surface area contributed by atoms with E-state index < -0.39 is 23.8 Å². The molecule has 0 spiro atoms. The Balaban J connectivity index is 4.29. The Hall–Kier alpha value is -1.63. The topological polar surface area (TPSA) is 115 Å². The SMILES string of the molecule is CCCN(O)C(=O)CC(CCC(=O)O)C(=O)O. The molecule has 0 heterocycles. The summed E-state index contributed by atoms with van der Waals surface area (Å²) in [6, 6.07) is 0. The molecular formula is C10H17NO6. The molecule has 0 aliphatic rings. The Kier molecular flexibility index (Phi) is 6.88. The highest BCUT2D eigenvalue weighted by Gasteiger charge is 2.24. The maximum atomic E-state index is 11.4. The second-order valence-corrected chi connectivity index (χ2v) is 3.69. The highest BCUT2D eigenvalue weighted by Crippen LogP contribution is 2.13. The van der Waals surface area contributed by atoms with E-state index in [-0.39, 0.29) is 25.8 Å². The zero-order chi connectivity index (χ0) is 13.4. The van der Waals surface area contributed by atoms with E-state index in [1.54, 1.807) is 6.92 Å². The van der Waals surface area contributed by atoms with Gasteiger partial charge in [-0.05, 0) is 12.8 Å². The van der Waals surface area contributed by atoms with Crippen LogP contribution in [0.25, 0.3) is 0 Å². The van der Waals surface area contributed by atoms with Crippen LogP contribution in [0, 0.1) is 5.92 Å². The number of carbonyl (C=O) groups is 3. The quantitative estimate of drug-likeness (QED) is 0.426. The van der Waals surface area contributed by atoms with Crippen molar-refractivity contribution < 1.29 is 29.8 Å². The third kappa shape index (κ3) is 6.52. The van der Waals surface area contributed by atoms with Crippen LogP contribution < -0.4 is 0 Å². The third-order valence-electron chi connectivity index (χ3n) is 2.20. The maximum Gasteiger partial charge on any atom is 0.307 e. The van der Waals surface area contributed by atoms with Crippen molar-refractivity contribution in [2.24, 2.45) is 5.92 Å². The predicted molar refractivity (Wildman–Crippen MR) is 56.4 cm³/mol. The first-order chi connectivity index (χ1) is 7.88. The fourth-order valence-electron chi connectivity index (χ4n) is 1.26. The van der Waals surface area contributed by atoms with Crippen LogP contribution >= 0.6 is 0 Å². The van der Waals surface area contributed by atoms with E-state index in [1.807, 2.05) is 0 Å². The Morgan fingerprint density at radius 1 is 1.24 bits per heavy atom. The first-order valence-corrected chi connectivity index (χ1v) is 5.32. The average molecular weight is 247 g/mol. The minimum atomic E-state index is -1.23. The summed E-state index contributed by atoms with van der Waals surface area (Å²) in [4.78, 5) is 32.5. The van der Waals surface area contributed by atoms with Gasteiger partial charge in [0.25, 0.3) is 0 Å². The lowest BCUT2D eigenvalue weighted by Crippen LogP contribution is -2.31. The van der Waals surface area contributed by atoms with Crippen molar-refractivity contribution in [3.8, 4) is 0 Å². The van der Waals surface area contributed by atoms with E-state index in [0.29, 0.717) is 11.5 Å². The van der Waals surface area contributed by atoms with Crippen molar-refractivity contribution in [3.63, 3.8) is 0 Å². The van der Waals surface area contributed by atoms with Gasteiger partial charge in [-0.3, -0.25) is 19.6 Å². The molecule has 0 aliphatic heterocycles. The second kappa shape index (κ2) is 7.61. The largest absolute Gasteiger partial charge is 0.481 e. The van der Waals surface area contributed by atoms with E-state index in [9.17, 15) is 19.6 Å². The lowest BCUT2D eigenvalue weighted by molar-refractivity contribution is -0.168. The van der Waals surface area contributed by atoms with Crippen molar-refractivity contribution in [3.05, 3.63) is 0 Å². The lowest BCUT2D eigenvalue weighted by atomic mass is 9.99. The molecule has 0 bridgehead atoms. The summed E-state index contributed by atoms with van der Waals surface area (Å²) in [6.07, 6.45) is -0.284. The van der Waals surface area contributed by atoms with Crippen LogP contribution in [-0.4, -0.2) is 44.9 Å². The average Bonchev–Trinajstić information content (AvgIpc) is 2.23. The standard InChI is InChI=1S/C10H17NO6/c1-2-5-11(17)8(12)6-7(10(15)16)3-4-9(13)14/h7,17H,2-6H2,1H3,(H,13,14)(H,15,16). The molecule has 0 aromatic rings. The van der Waals surface area contributed by atoms with E-state index in [4.69, 9.17) is 10.2 Å². The van der Waals surface area contributed by atoms with E-state index in [1.165, 1.54) is 0 Å². The summed E-state index contributed by atoms with van der Waals surface area (Å²) in [5, 5.41) is 26.9. The maximum absolute atomic E-state index is 11.4. The number of hydroxylamine groups is 2. The summed E-state index contributed by atoms with van der Waals surface area (Å²) in [7, 11) is 0. The highest BCUT2D eigenvalue weighted by atomic mass is 16.5. The van der Waals surface area contributed by atoms with Crippen LogP contribution in [0.2, 0.25) is 0 Å². The molecular weight excluding hydrogens is 230 g/mol. The molecule has 1 atom stereocenters. The first-order valence-electron chi connectivity index (χ1n) is 5.32. The number of aliphatic carboxylic acids is 2. The normalized spacial score (nSPS) is 11.9. The highest BCUT2D eigenvalue weighted by molar-refractivity contribution is 5.82. The van der Waals surface area contributed by atoms with Crippen molar-refractivity contribution in [2.45, 2.75) is 32.6 Å². The number of hydrogen-bond acceptors (Lipinski definition) is 4. The van der Waals surface area contributed by atoms with Gasteiger partial charge in [0, 0.05) is 19.4 Å². The molecule has 0 saturated heterocycles. The van der Waals surface area contributed by atoms with E-state index >= 15 is 0 Å². The molecule has 0 fully saturated rings. The summed E-state index contributed by atoms with van der Waals surface area (Å²) in [5.41, 5.74) is 0. The van der Waals surface area contributed by atoms with Gasteiger partial charge >= 0.3 is 11.9 Å². The van der Waals surface area contributed by atoms with E-state index in [2.05, 4.69) is 0 Å². The van der Waals surface area contributed by atoms with Gasteiger partial charge in [-0.25, -0.2) is 5.06 Å². The minimum Gasteiger partial charge on any atom is -0.481 e. The van der Waals surface area contributed by atoms with Crippen LogP contribution in [0.4, 0.5) is 0 Å². The molecule has 0 radical (unpaired) electrons. The van der Waals surface area contributed by atoms with Crippen LogP contribution in [-0.2, 0) is 14.4 Å². The molecule has 98 valence electrons. The van der Waals surface area contributed by atoms with Gasteiger partial charge in [-0.1, -0.05) is 6.92 Å². The molecule has 0 aromatic heterocycles. The van der Waals surface area contributed by atoms with Gasteiger partial charge in [0.15, 0.2) is 0 Å². The molecule has 7 nitrogen and oxygen atoms in total. The molecule has 3 N–H and O–H groups in total. The van der Waals surface area contributed by atoms with Crippen molar-refractivity contribution >= 4 is 17.8 Å². The van der Waals surface area contributed by atoms with Gasteiger partial charge in [0.2, 0.25) is 5.91 Å². The van der Waals surface area contributed by atoms with Gasteiger partial charge in [-0.15, -0.1) is 0 Å². The van der Waals surface area contributed by atoms with Gasteiger partial charge in [0.05, 0.1) is 5.92 Å². The smallest absolute Gasteiger partial charge is 0.307 e. The number of nitrogens with zero attached hydrogens (tertiary/aromatic N) is 1. The summed E-state index contributed by atoms with van der Waals surface area (Å²) < 4.78 is 0. The van der Waals surface area contributed by atoms with E-state index in [0.717, 1.165) is 0 Å². The monoisotopic (exact) mass is 247 g/mol. The van der Waals surface area contributed by atoms with Crippen LogP contribution in [0.1, 0.15) is 32.6 Å². The summed E-state index contributed by atoms with van der Waals surface area (Å²) in [6.45, 7) is 1.89. The van der Waals surface area contributed by atoms with Crippen molar-refractivity contribution in [2.75, 3.05) is 6.54 Å². The molecule has 7 heteroatoms. The van der Waals surface area contributed by atoms with Crippen molar-refractivity contribution in [1.29, 1.82) is 0 Å². The van der Waals surface area contributed by atoms with Gasteiger partial charge in [0.1, 0.15) is 0 Å². The molecule has 0 rings (SSSR count). The Bertz CT molecular complexity index is 291. The zero-order valence-electron chi connectivity index (χ0n) is 9.63. The predicted octanol–water partition coefficient (Wildman–Crippen LogP) is 0.570. The van der Waals surface area contributed by atoms with Crippen LogP contribution in [0.5, 0.6) is 0 Å². The number of carbonyl (C=O) groups excluding carboxylic acids is 1. The number of carboxylic acid groups (broad SMARTS) is 2. The van der Waals surface area contributed by atoms with Crippen LogP contribution in [0.3, 0.4) is 0 Å². The lowest BCUT2D eigenvalue weighted by Gasteiger charge is -2.16. The number of carboxylic acids is 2. The van der Waals surface area contributed by atoms with Gasteiger partial charge in [-0.2, -0.15) is 0 Å². The third-order valence-corrected chi connectivity index (χ3v) is 2.20. The molecule has 1 unspecified atom stereocenters. The fraction of sp³-hybridized carbons (Fsp3) is 0.700. The minimum absolute atomic E-state index is 0.129. The number of hydrogen-bond donors (Lipinski definition) is 3. The summed E-state index contributed by atoms with van der Waals surface area (Å²) in [5.74, 6) is -4.13. The van der Waals surface area contributed by atoms with Crippen molar-refractivity contribution in [1.82, 2.24) is 5.06 Å². The first kappa shape index (κ1) is 15.4. The number of rotatable bonds is 8. The molecule has 1 amide bonds. The Morgan fingerprint density at radius 2 is 1.82 bits per heavy atom. The van der Waals surface area contributed by atoms with Gasteiger partial charge < -0.3 is 10.2 Å². The summed E-state index contributed by atoms with van der Waals surface area (Å²) >= 11 is 0. The molecule has 0 aromatic carbocycles. The second-order valence-electron chi connectivity index (χ2n) is 3.69. The molecule has 0 aliphatic carbocycles. The molecule has 17 heavy (non-hydrogen) atoms. The molecule has 0 saturated carbocycles. The Morgan fingerprint density at radius 3 is 2.24 bits per heavy atom. The fourth-order valence-corrected chi connectivity index (χ4v) is 1.26. The Labute approximate surface area is 98.6 Å². The zero-order valence-corrected chi connectivity index (χ0v) is 9.63.